The van der Waals surface area contributed by atoms with Crippen LogP contribution < -0.4 is 15.8 Å². The Hall–Kier alpha value is -2.08. The van der Waals surface area contributed by atoms with Crippen molar-refractivity contribution >= 4 is 17.5 Å². The molecule has 1 aromatic rings. The number of carbonyl (C=O) groups excluding carboxylic acids is 2. The van der Waals surface area contributed by atoms with Crippen LogP contribution in [0.2, 0.25) is 0 Å². The van der Waals surface area contributed by atoms with Gasteiger partial charge in [0.2, 0.25) is 11.8 Å². The lowest BCUT2D eigenvalue weighted by Gasteiger charge is -2.30. The van der Waals surface area contributed by atoms with Crippen LogP contribution in [0.5, 0.6) is 5.75 Å². The van der Waals surface area contributed by atoms with Crippen molar-refractivity contribution < 1.29 is 14.3 Å². The van der Waals surface area contributed by atoms with Crippen LogP contribution in [0.4, 0.5) is 5.69 Å². The van der Waals surface area contributed by atoms with Crippen LogP contribution in [0.25, 0.3) is 0 Å². The number of amides is 2. The molecule has 1 fully saturated rings. The van der Waals surface area contributed by atoms with Gasteiger partial charge in [0.15, 0.2) is 0 Å². The maximum Gasteiger partial charge on any atom is 0.231 e. The zero-order valence-corrected chi connectivity index (χ0v) is 13.1. The van der Waals surface area contributed by atoms with Crippen LogP contribution >= 0.6 is 0 Å². The van der Waals surface area contributed by atoms with Crippen LogP contribution in [-0.2, 0) is 9.59 Å². The fourth-order valence-corrected chi connectivity index (χ4v) is 2.71. The van der Waals surface area contributed by atoms with Crippen molar-refractivity contribution in [3.8, 4) is 5.75 Å². The highest BCUT2D eigenvalue weighted by Gasteiger charge is 2.26. The van der Waals surface area contributed by atoms with Gasteiger partial charge in [0.25, 0.3) is 0 Å². The van der Waals surface area contributed by atoms with Gasteiger partial charge < -0.3 is 15.8 Å². The van der Waals surface area contributed by atoms with Gasteiger partial charge in [-0.1, -0.05) is 6.07 Å². The number of piperidine rings is 1. The smallest absolute Gasteiger partial charge is 0.231 e. The van der Waals surface area contributed by atoms with Crippen LogP contribution in [0.15, 0.2) is 18.2 Å². The number of rotatable bonds is 5. The van der Waals surface area contributed by atoms with E-state index in [9.17, 15) is 9.59 Å². The molecule has 0 atom stereocenters. The molecule has 0 radical (unpaired) electrons. The first-order valence-electron chi connectivity index (χ1n) is 7.45. The number of carbonyl (C=O) groups is 2. The Balaban J connectivity index is 1.92. The molecule has 1 aliphatic rings. The lowest BCUT2D eigenvalue weighted by molar-refractivity contribution is -0.122. The SMILES string of the molecule is COc1cc(C)ccc1NC(=O)C1CCN(CC(N)=O)CC1. The highest BCUT2D eigenvalue weighted by atomic mass is 16.5. The van der Waals surface area contributed by atoms with Crippen molar-refractivity contribution in [1.29, 1.82) is 0 Å². The number of likely N-dealkylation sites (tertiary alicyclic amines) is 1. The summed E-state index contributed by atoms with van der Waals surface area (Å²) in [7, 11) is 1.59. The van der Waals surface area contributed by atoms with Gasteiger partial charge in [-0.2, -0.15) is 0 Å². The minimum atomic E-state index is -0.327. The van der Waals surface area contributed by atoms with Crippen molar-refractivity contribution in [3.05, 3.63) is 23.8 Å². The van der Waals surface area contributed by atoms with E-state index >= 15 is 0 Å². The van der Waals surface area contributed by atoms with Crippen molar-refractivity contribution in [2.45, 2.75) is 19.8 Å². The third kappa shape index (κ3) is 4.21. The molecule has 3 N–H and O–H groups in total. The van der Waals surface area contributed by atoms with Crippen molar-refractivity contribution in [2.24, 2.45) is 11.7 Å². The van der Waals surface area contributed by atoms with Gasteiger partial charge in [-0.3, -0.25) is 14.5 Å². The quantitative estimate of drug-likeness (QED) is 0.854. The predicted octanol–water partition coefficient (Wildman–Crippen LogP) is 1.14. The number of anilines is 1. The summed E-state index contributed by atoms with van der Waals surface area (Å²) in [5.41, 5.74) is 6.96. The van der Waals surface area contributed by atoms with E-state index in [4.69, 9.17) is 10.5 Å². The maximum absolute atomic E-state index is 12.4. The van der Waals surface area contributed by atoms with Gasteiger partial charge in [-0.15, -0.1) is 0 Å². The normalized spacial score (nSPS) is 16.3. The lowest BCUT2D eigenvalue weighted by Crippen LogP contribution is -2.42. The molecule has 120 valence electrons. The number of aryl methyl sites for hydroxylation is 1. The zero-order valence-electron chi connectivity index (χ0n) is 13.1. The molecule has 0 aromatic heterocycles. The number of primary amides is 1. The number of nitrogens with zero attached hydrogens (tertiary/aromatic N) is 1. The van der Waals surface area contributed by atoms with E-state index in [2.05, 4.69) is 5.32 Å². The summed E-state index contributed by atoms with van der Waals surface area (Å²) >= 11 is 0. The van der Waals surface area contributed by atoms with E-state index in [-0.39, 0.29) is 24.3 Å². The summed E-state index contributed by atoms with van der Waals surface area (Å²) in [5, 5.41) is 2.94. The summed E-state index contributed by atoms with van der Waals surface area (Å²) in [4.78, 5) is 25.3. The van der Waals surface area contributed by atoms with Gasteiger partial charge in [0.05, 0.1) is 19.3 Å². The summed E-state index contributed by atoms with van der Waals surface area (Å²) < 4.78 is 5.30. The molecule has 0 spiro atoms. The molecule has 1 heterocycles. The van der Waals surface area contributed by atoms with Gasteiger partial charge in [-0.05, 0) is 50.6 Å². The zero-order chi connectivity index (χ0) is 16.1. The molecule has 1 aliphatic heterocycles. The number of methoxy groups -OCH3 is 1. The Morgan fingerprint density at radius 1 is 1.36 bits per heavy atom. The number of nitrogens with two attached hydrogens (primary N) is 1. The average molecular weight is 305 g/mol. The number of nitrogens with one attached hydrogen (secondary N) is 1. The third-order valence-electron chi connectivity index (χ3n) is 3.95. The predicted molar refractivity (Wildman–Crippen MR) is 84.7 cm³/mol. The van der Waals surface area contributed by atoms with Gasteiger partial charge in [0.1, 0.15) is 5.75 Å². The Kier molecular flexibility index (Phi) is 5.38. The molecule has 6 nitrogen and oxygen atoms in total. The second-order valence-corrected chi connectivity index (χ2v) is 5.71. The van der Waals surface area contributed by atoms with Gasteiger partial charge in [-0.25, -0.2) is 0 Å². The summed E-state index contributed by atoms with van der Waals surface area (Å²) in [5.74, 6) is 0.294. The molecule has 2 rings (SSSR count). The molecule has 0 bridgehead atoms. The molecule has 2 amide bonds. The van der Waals surface area contributed by atoms with Crippen LogP contribution in [0.3, 0.4) is 0 Å². The van der Waals surface area contributed by atoms with Crippen molar-refractivity contribution in [3.63, 3.8) is 0 Å². The largest absolute Gasteiger partial charge is 0.495 e. The molecule has 1 saturated heterocycles. The molecule has 22 heavy (non-hydrogen) atoms. The van der Waals surface area contributed by atoms with E-state index in [0.29, 0.717) is 24.5 Å². The molecule has 0 saturated carbocycles. The Bertz CT molecular complexity index is 552. The molecular weight excluding hydrogens is 282 g/mol. The van der Waals surface area contributed by atoms with Gasteiger partial charge in [0, 0.05) is 5.92 Å². The summed E-state index contributed by atoms with van der Waals surface area (Å²) in [6.07, 6.45) is 1.46. The molecule has 0 unspecified atom stereocenters. The van der Waals surface area contributed by atoms with E-state index in [1.165, 1.54) is 0 Å². The van der Waals surface area contributed by atoms with E-state index < -0.39 is 0 Å². The molecular formula is C16H23N3O3. The minimum absolute atomic E-state index is 0.000813. The molecule has 0 aliphatic carbocycles. The van der Waals surface area contributed by atoms with E-state index in [1.807, 2.05) is 30.0 Å². The Morgan fingerprint density at radius 3 is 2.64 bits per heavy atom. The van der Waals surface area contributed by atoms with Crippen molar-refractivity contribution in [2.75, 3.05) is 32.1 Å². The van der Waals surface area contributed by atoms with Gasteiger partial charge >= 0.3 is 0 Å². The lowest BCUT2D eigenvalue weighted by atomic mass is 9.95. The Labute approximate surface area is 130 Å². The highest BCUT2D eigenvalue weighted by molar-refractivity contribution is 5.94. The molecule has 6 heteroatoms. The van der Waals surface area contributed by atoms with Crippen LogP contribution in [0, 0.1) is 12.8 Å². The third-order valence-corrected chi connectivity index (χ3v) is 3.95. The fraction of sp³-hybridized carbons (Fsp3) is 0.500. The summed E-state index contributed by atoms with van der Waals surface area (Å²) in [6.45, 7) is 3.67. The minimum Gasteiger partial charge on any atom is -0.495 e. The number of ether oxygens (including phenoxy) is 1. The topological polar surface area (TPSA) is 84.7 Å². The fourth-order valence-electron chi connectivity index (χ4n) is 2.71. The van der Waals surface area contributed by atoms with Crippen molar-refractivity contribution in [1.82, 2.24) is 4.90 Å². The number of hydrogen-bond acceptors (Lipinski definition) is 4. The average Bonchev–Trinajstić information content (AvgIpc) is 2.49. The Morgan fingerprint density at radius 2 is 2.05 bits per heavy atom. The first-order valence-corrected chi connectivity index (χ1v) is 7.45. The first kappa shape index (κ1) is 16.3. The van der Waals surface area contributed by atoms with E-state index in [0.717, 1.165) is 18.4 Å². The van der Waals surface area contributed by atoms with Crippen LogP contribution in [0.1, 0.15) is 18.4 Å². The van der Waals surface area contributed by atoms with Crippen LogP contribution in [-0.4, -0.2) is 43.5 Å². The second kappa shape index (κ2) is 7.26. The molecule has 1 aromatic carbocycles. The highest BCUT2D eigenvalue weighted by Crippen LogP contribution is 2.27. The summed E-state index contributed by atoms with van der Waals surface area (Å²) in [6, 6.07) is 5.69. The number of hydrogen-bond donors (Lipinski definition) is 2. The number of benzene rings is 1. The van der Waals surface area contributed by atoms with E-state index in [1.54, 1.807) is 7.11 Å². The standard InChI is InChI=1S/C16H23N3O3/c1-11-3-4-13(14(9-11)22-2)18-16(21)12-5-7-19(8-6-12)10-15(17)20/h3-4,9,12H,5-8,10H2,1-2H3,(H2,17,20)(H,18,21). The monoisotopic (exact) mass is 305 g/mol. The second-order valence-electron chi connectivity index (χ2n) is 5.71. The first-order chi connectivity index (χ1) is 10.5. The maximum atomic E-state index is 12.4.